The Morgan fingerprint density at radius 3 is 2.59 bits per heavy atom. The van der Waals surface area contributed by atoms with Gasteiger partial charge in [-0.1, -0.05) is 60.7 Å². The summed E-state index contributed by atoms with van der Waals surface area (Å²) in [4.78, 5) is 17.1. The van der Waals surface area contributed by atoms with Crippen molar-refractivity contribution in [2.24, 2.45) is 10.1 Å². The SMILES string of the molecule is COc1cc(/C=C2/C(=N)N3N=C(COc4ccccc4)SC3=NC2=O)cc(Br)c1OCc1cccc2ccccc12. The Labute approximate surface area is 249 Å². The lowest BCUT2D eigenvalue weighted by Crippen LogP contribution is -2.35. The topological polar surface area (TPSA) is 96.6 Å². The molecule has 0 bridgehead atoms. The van der Waals surface area contributed by atoms with Gasteiger partial charge in [0.1, 0.15) is 24.0 Å². The second kappa shape index (κ2) is 11.6. The van der Waals surface area contributed by atoms with Crippen molar-refractivity contribution in [1.82, 2.24) is 5.01 Å². The van der Waals surface area contributed by atoms with Gasteiger partial charge in [-0.25, -0.2) is 0 Å². The summed E-state index contributed by atoms with van der Waals surface area (Å²) in [5.74, 6) is 1.16. The number of rotatable bonds is 8. The summed E-state index contributed by atoms with van der Waals surface area (Å²) >= 11 is 4.81. The molecule has 41 heavy (non-hydrogen) atoms. The van der Waals surface area contributed by atoms with Crippen LogP contribution in [-0.2, 0) is 11.4 Å². The Morgan fingerprint density at radius 1 is 0.976 bits per heavy atom. The summed E-state index contributed by atoms with van der Waals surface area (Å²) < 4.78 is 18.2. The Balaban J connectivity index is 1.21. The number of hydrogen-bond donors (Lipinski definition) is 1. The van der Waals surface area contributed by atoms with Crippen molar-refractivity contribution in [3.05, 3.63) is 106 Å². The average molecular weight is 628 g/mol. The van der Waals surface area contributed by atoms with Crippen LogP contribution in [0.15, 0.2) is 105 Å². The summed E-state index contributed by atoms with van der Waals surface area (Å²) in [7, 11) is 1.56. The maximum absolute atomic E-state index is 12.9. The molecule has 6 rings (SSSR count). The number of aliphatic imine (C=N–C) groups is 1. The summed E-state index contributed by atoms with van der Waals surface area (Å²) in [5, 5.41) is 17.7. The van der Waals surface area contributed by atoms with Gasteiger partial charge in [-0.05, 0) is 79.9 Å². The van der Waals surface area contributed by atoms with Crippen molar-refractivity contribution in [1.29, 1.82) is 5.41 Å². The lowest BCUT2D eigenvalue weighted by atomic mass is 10.1. The highest BCUT2D eigenvalue weighted by molar-refractivity contribution is 9.10. The summed E-state index contributed by atoms with van der Waals surface area (Å²) in [6, 6.07) is 27.2. The van der Waals surface area contributed by atoms with Crippen LogP contribution in [0.4, 0.5) is 0 Å². The molecule has 2 aliphatic rings. The van der Waals surface area contributed by atoms with Gasteiger partial charge in [0.2, 0.25) is 5.17 Å². The number of carbonyl (C=O) groups is 1. The van der Waals surface area contributed by atoms with E-state index in [4.69, 9.17) is 19.6 Å². The molecule has 1 N–H and O–H groups in total. The number of carbonyl (C=O) groups excluding carboxylic acids is 1. The lowest BCUT2D eigenvalue weighted by molar-refractivity contribution is -0.114. The first-order valence-electron chi connectivity index (χ1n) is 12.6. The minimum Gasteiger partial charge on any atom is -0.493 e. The molecule has 0 saturated carbocycles. The van der Waals surface area contributed by atoms with Gasteiger partial charge < -0.3 is 14.2 Å². The summed E-state index contributed by atoms with van der Waals surface area (Å²) in [5.41, 5.74) is 1.80. The molecule has 2 heterocycles. The molecule has 0 aromatic heterocycles. The largest absolute Gasteiger partial charge is 0.493 e. The molecule has 4 aromatic carbocycles. The van der Waals surface area contributed by atoms with Crippen molar-refractivity contribution >= 4 is 66.5 Å². The molecule has 204 valence electrons. The third-order valence-corrected chi connectivity index (χ3v) is 7.89. The minimum atomic E-state index is -0.513. The number of methoxy groups -OCH3 is 1. The number of halogens is 1. The van der Waals surface area contributed by atoms with E-state index in [9.17, 15) is 4.79 Å². The molecule has 4 aromatic rings. The average Bonchev–Trinajstić information content (AvgIpc) is 3.41. The smallest absolute Gasteiger partial charge is 0.283 e. The number of nitrogens with zero attached hydrogens (tertiary/aromatic N) is 3. The zero-order chi connectivity index (χ0) is 28.3. The van der Waals surface area contributed by atoms with E-state index in [0.29, 0.717) is 44.1 Å². The van der Waals surface area contributed by atoms with Crippen molar-refractivity contribution in [3.63, 3.8) is 0 Å². The van der Waals surface area contributed by atoms with Gasteiger partial charge >= 0.3 is 0 Å². The predicted octanol–water partition coefficient (Wildman–Crippen LogP) is 6.89. The molecular formula is C31H23BrN4O4S. The second-order valence-electron chi connectivity index (χ2n) is 9.08. The first-order valence-corrected chi connectivity index (χ1v) is 14.2. The van der Waals surface area contributed by atoms with E-state index in [1.807, 2.05) is 60.7 Å². The van der Waals surface area contributed by atoms with Crippen LogP contribution in [0.5, 0.6) is 17.2 Å². The van der Waals surface area contributed by atoms with Crippen molar-refractivity contribution in [2.75, 3.05) is 13.7 Å². The van der Waals surface area contributed by atoms with Crippen LogP contribution in [-0.4, -0.2) is 40.7 Å². The van der Waals surface area contributed by atoms with Gasteiger partial charge in [0.15, 0.2) is 17.3 Å². The number of fused-ring (bicyclic) bond motifs is 2. The number of ether oxygens (including phenoxy) is 3. The monoisotopic (exact) mass is 626 g/mol. The normalized spacial score (nSPS) is 15.6. The van der Waals surface area contributed by atoms with Crippen LogP contribution in [0.1, 0.15) is 11.1 Å². The molecule has 8 nitrogen and oxygen atoms in total. The third-order valence-electron chi connectivity index (χ3n) is 6.42. The molecule has 0 spiro atoms. The molecule has 0 radical (unpaired) electrons. The lowest BCUT2D eigenvalue weighted by Gasteiger charge is -2.20. The zero-order valence-electron chi connectivity index (χ0n) is 21.8. The molecular weight excluding hydrogens is 604 g/mol. The highest BCUT2D eigenvalue weighted by Crippen LogP contribution is 2.39. The minimum absolute atomic E-state index is 0.0615. The fourth-order valence-corrected chi connectivity index (χ4v) is 5.82. The number of para-hydroxylation sites is 1. The number of thioether (sulfide) groups is 1. The molecule has 2 aliphatic heterocycles. The van der Waals surface area contributed by atoms with Crippen LogP contribution in [0.2, 0.25) is 0 Å². The van der Waals surface area contributed by atoms with E-state index in [1.165, 1.54) is 16.8 Å². The molecule has 0 fully saturated rings. The number of amidine groups is 2. The number of amides is 1. The van der Waals surface area contributed by atoms with Gasteiger partial charge in [0.25, 0.3) is 5.91 Å². The Kier molecular flexibility index (Phi) is 7.58. The van der Waals surface area contributed by atoms with Gasteiger partial charge in [0, 0.05) is 0 Å². The van der Waals surface area contributed by atoms with Crippen molar-refractivity contribution in [2.45, 2.75) is 6.61 Å². The summed E-state index contributed by atoms with van der Waals surface area (Å²) in [6.07, 6.45) is 1.60. The van der Waals surface area contributed by atoms with E-state index in [0.717, 1.165) is 16.3 Å². The second-order valence-corrected chi connectivity index (χ2v) is 11.0. The van der Waals surface area contributed by atoms with Gasteiger partial charge in [-0.2, -0.15) is 15.1 Å². The number of hydrazone groups is 1. The third kappa shape index (κ3) is 5.61. The molecule has 0 saturated heterocycles. The standard InChI is InChI=1S/C31H23BrN4O4S/c1-38-26-16-19(15-25(32)28(26)40-17-21-10-7-9-20-8-5-6-13-23(20)21)14-24-29(33)36-31(34-30(24)37)41-27(35-36)18-39-22-11-3-2-4-12-22/h2-16,33H,17-18H2,1H3/b24-14-,33-29?. The van der Waals surface area contributed by atoms with E-state index < -0.39 is 5.91 Å². The van der Waals surface area contributed by atoms with E-state index in [1.54, 1.807) is 19.3 Å². The Bertz CT molecular complexity index is 1770. The first kappa shape index (κ1) is 26.8. The highest BCUT2D eigenvalue weighted by Gasteiger charge is 2.36. The maximum Gasteiger partial charge on any atom is 0.283 e. The quantitative estimate of drug-likeness (QED) is 0.214. The fraction of sp³-hybridized carbons (Fsp3) is 0.0968. The molecule has 0 atom stereocenters. The van der Waals surface area contributed by atoms with Gasteiger partial charge in [-0.15, -0.1) is 0 Å². The van der Waals surface area contributed by atoms with Gasteiger partial charge in [-0.3, -0.25) is 10.2 Å². The first-order chi connectivity index (χ1) is 20.0. The van der Waals surface area contributed by atoms with E-state index >= 15 is 0 Å². The molecule has 10 heteroatoms. The predicted molar refractivity (Wildman–Crippen MR) is 166 cm³/mol. The maximum atomic E-state index is 12.9. The Morgan fingerprint density at radius 2 is 1.76 bits per heavy atom. The van der Waals surface area contributed by atoms with E-state index in [-0.39, 0.29) is 18.0 Å². The van der Waals surface area contributed by atoms with Crippen LogP contribution in [0.3, 0.4) is 0 Å². The van der Waals surface area contributed by atoms with E-state index in [2.05, 4.69) is 44.2 Å². The van der Waals surface area contributed by atoms with Crippen LogP contribution >= 0.6 is 27.7 Å². The van der Waals surface area contributed by atoms with Crippen LogP contribution in [0, 0.1) is 5.41 Å². The number of benzene rings is 4. The highest BCUT2D eigenvalue weighted by atomic mass is 79.9. The summed E-state index contributed by atoms with van der Waals surface area (Å²) in [6.45, 7) is 0.549. The fourth-order valence-electron chi connectivity index (χ4n) is 4.45. The number of hydrogen-bond acceptors (Lipinski definition) is 7. The van der Waals surface area contributed by atoms with Crippen molar-refractivity contribution < 1.29 is 19.0 Å². The zero-order valence-corrected chi connectivity index (χ0v) is 24.2. The van der Waals surface area contributed by atoms with Crippen LogP contribution < -0.4 is 14.2 Å². The van der Waals surface area contributed by atoms with Crippen molar-refractivity contribution in [3.8, 4) is 17.2 Å². The number of nitrogens with one attached hydrogen (secondary N) is 1. The van der Waals surface area contributed by atoms with Crippen LogP contribution in [0.25, 0.3) is 16.8 Å². The molecule has 1 amide bonds. The Hall–Kier alpha value is -4.41. The van der Waals surface area contributed by atoms with Gasteiger partial charge in [0.05, 0.1) is 17.2 Å². The molecule has 0 aliphatic carbocycles. The molecule has 0 unspecified atom stereocenters.